The van der Waals surface area contributed by atoms with Crippen molar-refractivity contribution in [3.8, 4) is 0 Å². The zero-order valence-corrected chi connectivity index (χ0v) is 18.4. The zero-order valence-electron chi connectivity index (χ0n) is 17.5. The summed E-state index contributed by atoms with van der Waals surface area (Å²) < 4.78 is 33.7. The first-order valence-electron chi connectivity index (χ1n) is 10.6. The van der Waals surface area contributed by atoms with E-state index in [1.54, 1.807) is 18.2 Å². The molecule has 150 valence electrons. The van der Waals surface area contributed by atoms with Gasteiger partial charge in [-0.1, -0.05) is 109 Å². The molecule has 0 radical (unpaired) electrons. The third-order valence-electron chi connectivity index (χ3n) is 5.04. The van der Waals surface area contributed by atoms with Crippen LogP contribution in [-0.2, 0) is 16.5 Å². The summed E-state index contributed by atoms with van der Waals surface area (Å²) in [4.78, 5) is -0.0466. The molecule has 1 aromatic carbocycles. The van der Waals surface area contributed by atoms with Crippen LogP contribution < -0.4 is 18.9 Å². The normalized spacial score (nSPS) is 11.3. The summed E-state index contributed by atoms with van der Waals surface area (Å²) in [6, 6.07) is 6.59. The molecule has 0 bridgehead atoms. The van der Waals surface area contributed by atoms with E-state index >= 15 is 0 Å². The molecule has 0 atom stereocenters. The largest absolute Gasteiger partial charge is 1.00 e. The van der Waals surface area contributed by atoms with E-state index in [0.717, 1.165) is 12.8 Å². The Labute approximate surface area is 179 Å². The van der Waals surface area contributed by atoms with E-state index in [9.17, 15) is 13.0 Å². The van der Waals surface area contributed by atoms with E-state index in [0.29, 0.717) is 12.0 Å². The standard InChI is InChI=1S/C22H38O3S.Li/c1-2-3-4-5-6-7-8-9-10-11-12-13-14-15-18-21-19-16-17-20-22(21)26(23,24)25;/h16-17,19-20H,2-15,18H2,1H3,(H,23,24,25);/q;+1/p-1. The third-order valence-corrected chi connectivity index (χ3v) is 5.98. The Balaban J connectivity index is 0.00000676. The predicted molar refractivity (Wildman–Crippen MR) is 108 cm³/mol. The van der Waals surface area contributed by atoms with Gasteiger partial charge in [-0.2, -0.15) is 0 Å². The van der Waals surface area contributed by atoms with Crippen LogP contribution in [0.5, 0.6) is 0 Å². The molecular weight excluding hydrogens is 351 g/mol. The molecule has 0 N–H and O–H groups in total. The summed E-state index contributed by atoms with van der Waals surface area (Å²) in [7, 11) is -4.35. The smallest absolute Gasteiger partial charge is 0.744 e. The molecule has 0 amide bonds. The molecule has 0 spiro atoms. The maximum atomic E-state index is 11.2. The number of rotatable bonds is 16. The minimum absolute atomic E-state index is 0. The molecule has 1 rings (SSSR count). The van der Waals surface area contributed by atoms with Crippen molar-refractivity contribution in [3.63, 3.8) is 0 Å². The van der Waals surface area contributed by atoms with Crippen molar-refractivity contribution >= 4 is 10.1 Å². The van der Waals surface area contributed by atoms with Crippen LogP contribution in [0.25, 0.3) is 0 Å². The number of hydrogen-bond acceptors (Lipinski definition) is 3. The van der Waals surface area contributed by atoms with Gasteiger partial charge in [-0.25, -0.2) is 8.42 Å². The molecule has 0 aliphatic heterocycles. The van der Waals surface area contributed by atoms with Crippen LogP contribution in [0.1, 0.15) is 102 Å². The van der Waals surface area contributed by atoms with Gasteiger partial charge in [0.1, 0.15) is 10.1 Å². The molecular formula is C22H37LiO3S. The summed E-state index contributed by atoms with van der Waals surface area (Å²) in [5.41, 5.74) is 0.668. The monoisotopic (exact) mass is 388 g/mol. The summed E-state index contributed by atoms with van der Waals surface area (Å²) in [6.45, 7) is 2.26. The molecule has 0 saturated heterocycles. The summed E-state index contributed by atoms with van der Waals surface area (Å²) in [5, 5.41) is 0. The SMILES string of the molecule is CCCCCCCCCCCCCCCCc1ccccc1S(=O)(=O)[O-].[Li+]. The molecule has 0 heterocycles. The van der Waals surface area contributed by atoms with Crippen molar-refractivity contribution in [1.29, 1.82) is 0 Å². The van der Waals surface area contributed by atoms with Gasteiger partial charge in [0.2, 0.25) is 0 Å². The van der Waals surface area contributed by atoms with Crippen molar-refractivity contribution < 1.29 is 31.8 Å². The Morgan fingerprint density at radius 3 is 1.56 bits per heavy atom. The average Bonchev–Trinajstić information content (AvgIpc) is 2.61. The molecule has 0 aliphatic carbocycles. The molecule has 0 aromatic heterocycles. The van der Waals surface area contributed by atoms with Gasteiger partial charge in [0, 0.05) is 0 Å². The second-order valence-electron chi connectivity index (χ2n) is 7.41. The molecule has 0 saturated carbocycles. The van der Waals surface area contributed by atoms with E-state index in [1.165, 1.54) is 83.1 Å². The van der Waals surface area contributed by atoms with Gasteiger partial charge in [-0.05, 0) is 24.5 Å². The molecule has 0 aliphatic rings. The minimum Gasteiger partial charge on any atom is -0.744 e. The quantitative estimate of drug-likeness (QED) is 0.247. The summed E-state index contributed by atoms with van der Waals surface area (Å²) in [5.74, 6) is 0. The van der Waals surface area contributed by atoms with Crippen LogP contribution in [0.15, 0.2) is 29.2 Å². The molecule has 0 fully saturated rings. The van der Waals surface area contributed by atoms with E-state index in [2.05, 4.69) is 6.92 Å². The Kier molecular flexibility index (Phi) is 16.5. The predicted octanol–water partition coefficient (Wildman–Crippen LogP) is 3.62. The van der Waals surface area contributed by atoms with Gasteiger partial charge in [0.25, 0.3) is 0 Å². The van der Waals surface area contributed by atoms with E-state index in [1.807, 2.05) is 0 Å². The van der Waals surface area contributed by atoms with E-state index < -0.39 is 10.1 Å². The second kappa shape index (κ2) is 16.7. The zero-order chi connectivity index (χ0) is 19.1. The van der Waals surface area contributed by atoms with Crippen molar-refractivity contribution in [1.82, 2.24) is 0 Å². The van der Waals surface area contributed by atoms with Crippen molar-refractivity contribution in [2.75, 3.05) is 0 Å². The molecule has 1 aromatic rings. The summed E-state index contributed by atoms with van der Waals surface area (Å²) in [6.07, 6.45) is 18.9. The van der Waals surface area contributed by atoms with Crippen LogP contribution in [0.2, 0.25) is 0 Å². The minimum atomic E-state index is -4.35. The maximum Gasteiger partial charge on any atom is 1.00 e. The first-order chi connectivity index (χ1) is 12.6. The topological polar surface area (TPSA) is 57.2 Å². The van der Waals surface area contributed by atoms with Crippen LogP contribution >= 0.6 is 0 Å². The van der Waals surface area contributed by atoms with Crippen LogP contribution in [-0.4, -0.2) is 13.0 Å². The number of aryl methyl sites for hydroxylation is 1. The number of benzene rings is 1. The van der Waals surface area contributed by atoms with Crippen LogP contribution in [0.3, 0.4) is 0 Å². The molecule has 0 unspecified atom stereocenters. The van der Waals surface area contributed by atoms with Gasteiger partial charge in [-0.15, -0.1) is 0 Å². The Morgan fingerprint density at radius 1 is 0.704 bits per heavy atom. The van der Waals surface area contributed by atoms with E-state index in [4.69, 9.17) is 0 Å². The molecule has 5 heteroatoms. The maximum absolute atomic E-state index is 11.2. The van der Waals surface area contributed by atoms with Gasteiger partial charge < -0.3 is 4.55 Å². The first-order valence-corrected chi connectivity index (χ1v) is 12.0. The number of hydrogen-bond donors (Lipinski definition) is 0. The fourth-order valence-corrected chi connectivity index (χ4v) is 4.20. The molecule has 3 nitrogen and oxygen atoms in total. The fraction of sp³-hybridized carbons (Fsp3) is 0.727. The van der Waals surface area contributed by atoms with Crippen molar-refractivity contribution in [2.45, 2.75) is 108 Å². The Bertz CT molecular complexity index is 573. The van der Waals surface area contributed by atoms with Gasteiger partial charge >= 0.3 is 18.9 Å². The Hall–Kier alpha value is -0.273. The van der Waals surface area contributed by atoms with Crippen LogP contribution in [0, 0.1) is 0 Å². The van der Waals surface area contributed by atoms with Crippen molar-refractivity contribution in [3.05, 3.63) is 29.8 Å². The fourth-order valence-electron chi connectivity index (χ4n) is 3.46. The van der Waals surface area contributed by atoms with Gasteiger partial charge in [0.05, 0.1) is 4.90 Å². The van der Waals surface area contributed by atoms with E-state index in [-0.39, 0.29) is 23.8 Å². The average molecular weight is 389 g/mol. The van der Waals surface area contributed by atoms with Gasteiger partial charge in [0.15, 0.2) is 0 Å². The Morgan fingerprint density at radius 2 is 1.11 bits per heavy atom. The van der Waals surface area contributed by atoms with Gasteiger partial charge in [-0.3, -0.25) is 0 Å². The number of unbranched alkanes of at least 4 members (excludes halogenated alkanes) is 13. The molecule has 27 heavy (non-hydrogen) atoms. The second-order valence-corrected chi connectivity index (χ2v) is 8.76. The third kappa shape index (κ3) is 13.5. The van der Waals surface area contributed by atoms with Crippen LogP contribution in [0.4, 0.5) is 0 Å². The van der Waals surface area contributed by atoms with Crippen molar-refractivity contribution in [2.24, 2.45) is 0 Å². The summed E-state index contributed by atoms with van der Waals surface area (Å²) >= 11 is 0. The first kappa shape index (κ1) is 26.7.